The molecule has 3 rings (SSSR count). The summed E-state index contributed by atoms with van der Waals surface area (Å²) in [5, 5.41) is 13.9. The second-order valence-electron chi connectivity index (χ2n) is 6.42. The second kappa shape index (κ2) is 7.25. The van der Waals surface area contributed by atoms with Gasteiger partial charge < -0.3 is 10.0 Å². The Balaban J connectivity index is 1.76. The quantitative estimate of drug-likeness (QED) is 0.910. The van der Waals surface area contributed by atoms with Crippen molar-refractivity contribution in [3.05, 3.63) is 42.1 Å². The minimum atomic E-state index is 0.255. The van der Waals surface area contributed by atoms with Gasteiger partial charge in [0, 0.05) is 63.2 Å². The first-order valence-electron chi connectivity index (χ1n) is 8.28. The third kappa shape index (κ3) is 3.80. The number of nitrogens with zero attached hydrogens (tertiary/aromatic N) is 4. The monoisotopic (exact) mass is 314 g/mol. The predicted octanol–water partition coefficient (Wildman–Crippen LogP) is 1.59. The van der Waals surface area contributed by atoms with Gasteiger partial charge in [0.15, 0.2) is 0 Å². The molecule has 1 aromatic heterocycles. The fraction of sp³-hybridized carbons (Fsp3) is 0.500. The summed E-state index contributed by atoms with van der Waals surface area (Å²) in [4.78, 5) is 4.83. The van der Waals surface area contributed by atoms with Crippen LogP contribution in [0.25, 0.3) is 11.3 Å². The molecule has 5 nitrogen and oxygen atoms in total. The summed E-state index contributed by atoms with van der Waals surface area (Å²) in [6, 6.07) is 10.8. The van der Waals surface area contributed by atoms with Crippen molar-refractivity contribution >= 4 is 0 Å². The molecule has 0 bridgehead atoms. The smallest absolute Gasteiger partial charge is 0.0968 e. The van der Waals surface area contributed by atoms with E-state index in [1.807, 2.05) is 17.8 Å². The molecule has 2 heterocycles. The van der Waals surface area contributed by atoms with E-state index in [9.17, 15) is 5.11 Å². The highest BCUT2D eigenvalue weighted by Crippen LogP contribution is 2.24. The van der Waals surface area contributed by atoms with Gasteiger partial charge in [0.2, 0.25) is 0 Å². The molecule has 1 aliphatic heterocycles. The molecular weight excluding hydrogens is 288 g/mol. The van der Waals surface area contributed by atoms with Crippen LogP contribution in [0.1, 0.15) is 12.0 Å². The minimum Gasteiger partial charge on any atom is -0.396 e. The average Bonchev–Trinajstić information content (AvgIpc) is 2.92. The van der Waals surface area contributed by atoms with E-state index < -0.39 is 0 Å². The molecule has 1 aliphatic rings. The van der Waals surface area contributed by atoms with Gasteiger partial charge in [0.1, 0.15) is 0 Å². The van der Waals surface area contributed by atoms with Crippen LogP contribution >= 0.6 is 0 Å². The number of likely N-dealkylation sites (N-methyl/N-ethyl adjacent to an activating group) is 1. The third-order valence-electron chi connectivity index (χ3n) is 4.67. The molecule has 0 saturated carbocycles. The number of hydrogen-bond acceptors (Lipinski definition) is 4. The molecular formula is C18H26N4O. The molecule has 1 fully saturated rings. The van der Waals surface area contributed by atoms with Gasteiger partial charge in [-0.3, -0.25) is 9.58 Å². The van der Waals surface area contributed by atoms with E-state index in [2.05, 4.69) is 52.4 Å². The highest BCUT2D eigenvalue weighted by Gasteiger charge is 2.25. The molecule has 0 radical (unpaired) electrons. The van der Waals surface area contributed by atoms with Crippen LogP contribution in [0.3, 0.4) is 0 Å². The number of benzene rings is 1. The van der Waals surface area contributed by atoms with Gasteiger partial charge in [-0.25, -0.2) is 0 Å². The Kier molecular flexibility index (Phi) is 5.10. The van der Waals surface area contributed by atoms with E-state index in [0.717, 1.165) is 38.3 Å². The number of rotatable bonds is 5. The SMILES string of the molecule is CN1CCN(Cc2cn(C)nc2-c2ccccc2)C[C@@H]1CCO. The van der Waals surface area contributed by atoms with Crippen molar-refractivity contribution in [2.45, 2.75) is 19.0 Å². The van der Waals surface area contributed by atoms with E-state index in [-0.39, 0.29) is 6.61 Å². The number of aliphatic hydroxyl groups excluding tert-OH is 1. The Hall–Kier alpha value is -1.69. The van der Waals surface area contributed by atoms with Gasteiger partial charge in [0.25, 0.3) is 0 Å². The molecule has 23 heavy (non-hydrogen) atoms. The van der Waals surface area contributed by atoms with E-state index in [1.165, 1.54) is 11.1 Å². The van der Waals surface area contributed by atoms with Crippen LogP contribution in [-0.4, -0.2) is 64.0 Å². The number of hydrogen-bond donors (Lipinski definition) is 1. The molecule has 5 heteroatoms. The molecule has 0 unspecified atom stereocenters. The van der Waals surface area contributed by atoms with Crippen LogP contribution in [0.2, 0.25) is 0 Å². The molecule has 0 aliphatic carbocycles. The number of piperazine rings is 1. The maximum atomic E-state index is 9.25. The summed E-state index contributed by atoms with van der Waals surface area (Å²) in [5.74, 6) is 0. The number of aryl methyl sites for hydroxylation is 1. The zero-order valence-corrected chi connectivity index (χ0v) is 14.0. The summed E-state index contributed by atoms with van der Waals surface area (Å²) < 4.78 is 1.90. The van der Waals surface area contributed by atoms with Crippen LogP contribution in [0.5, 0.6) is 0 Å². The van der Waals surface area contributed by atoms with Crippen molar-refractivity contribution in [3.63, 3.8) is 0 Å². The highest BCUT2D eigenvalue weighted by molar-refractivity contribution is 5.62. The van der Waals surface area contributed by atoms with Crippen LogP contribution in [0.15, 0.2) is 36.5 Å². The fourth-order valence-electron chi connectivity index (χ4n) is 3.35. The van der Waals surface area contributed by atoms with Crippen LogP contribution in [0.4, 0.5) is 0 Å². The van der Waals surface area contributed by atoms with Crippen molar-refractivity contribution in [1.29, 1.82) is 0 Å². The largest absolute Gasteiger partial charge is 0.396 e. The van der Waals surface area contributed by atoms with Gasteiger partial charge in [0.05, 0.1) is 5.69 Å². The lowest BCUT2D eigenvalue weighted by Crippen LogP contribution is -2.51. The van der Waals surface area contributed by atoms with Gasteiger partial charge in [-0.05, 0) is 13.5 Å². The topological polar surface area (TPSA) is 44.5 Å². The summed E-state index contributed by atoms with van der Waals surface area (Å²) in [7, 11) is 4.13. The van der Waals surface area contributed by atoms with Gasteiger partial charge in [-0.1, -0.05) is 30.3 Å². The second-order valence-corrected chi connectivity index (χ2v) is 6.42. The molecule has 1 saturated heterocycles. The van der Waals surface area contributed by atoms with Gasteiger partial charge in [-0.2, -0.15) is 5.10 Å². The first-order valence-corrected chi connectivity index (χ1v) is 8.28. The molecule has 0 amide bonds. The Bertz CT molecular complexity index is 625. The Morgan fingerprint density at radius 3 is 2.70 bits per heavy atom. The van der Waals surface area contributed by atoms with Crippen LogP contribution in [-0.2, 0) is 13.6 Å². The highest BCUT2D eigenvalue weighted by atomic mass is 16.3. The summed E-state index contributed by atoms with van der Waals surface area (Å²) in [5.41, 5.74) is 3.51. The fourth-order valence-corrected chi connectivity index (χ4v) is 3.35. The zero-order chi connectivity index (χ0) is 16.2. The van der Waals surface area contributed by atoms with E-state index in [1.54, 1.807) is 0 Å². The average molecular weight is 314 g/mol. The number of aromatic nitrogens is 2. The van der Waals surface area contributed by atoms with Gasteiger partial charge in [-0.15, -0.1) is 0 Å². The van der Waals surface area contributed by atoms with Crippen molar-refractivity contribution in [2.75, 3.05) is 33.3 Å². The van der Waals surface area contributed by atoms with Gasteiger partial charge >= 0.3 is 0 Å². The zero-order valence-electron chi connectivity index (χ0n) is 14.0. The molecule has 1 atom stereocenters. The van der Waals surface area contributed by atoms with Crippen LogP contribution in [0, 0.1) is 0 Å². The van der Waals surface area contributed by atoms with Crippen LogP contribution < -0.4 is 0 Å². The first kappa shape index (κ1) is 16.2. The third-order valence-corrected chi connectivity index (χ3v) is 4.67. The van der Waals surface area contributed by atoms with E-state index in [4.69, 9.17) is 0 Å². The molecule has 0 spiro atoms. The normalized spacial score (nSPS) is 20.0. The summed E-state index contributed by atoms with van der Waals surface area (Å²) >= 11 is 0. The first-order chi connectivity index (χ1) is 11.2. The molecule has 2 aromatic rings. The number of aliphatic hydroxyl groups is 1. The molecule has 1 aromatic carbocycles. The maximum absolute atomic E-state index is 9.25. The molecule has 1 N–H and O–H groups in total. The Morgan fingerprint density at radius 2 is 1.96 bits per heavy atom. The minimum absolute atomic E-state index is 0.255. The van der Waals surface area contributed by atoms with Crippen molar-refractivity contribution in [2.24, 2.45) is 7.05 Å². The van der Waals surface area contributed by atoms with Crippen molar-refractivity contribution in [1.82, 2.24) is 19.6 Å². The Morgan fingerprint density at radius 1 is 1.17 bits per heavy atom. The van der Waals surface area contributed by atoms with Crippen molar-refractivity contribution in [3.8, 4) is 11.3 Å². The maximum Gasteiger partial charge on any atom is 0.0968 e. The lowest BCUT2D eigenvalue weighted by Gasteiger charge is -2.39. The van der Waals surface area contributed by atoms with Crippen molar-refractivity contribution < 1.29 is 5.11 Å². The summed E-state index contributed by atoms with van der Waals surface area (Å²) in [6.07, 6.45) is 2.97. The van der Waals surface area contributed by atoms with E-state index >= 15 is 0 Å². The predicted molar refractivity (Wildman–Crippen MR) is 92.0 cm³/mol. The lowest BCUT2D eigenvalue weighted by molar-refractivity contribution is 0.0744. The Labute approximate surface area is 138 Å². The standard InChI is InChI=1S/C18H26N4O/c1-20-9-10-22(14-17(20)8-11-23)13-16-12-21(2)19-18(16)15-6-4-3-5-7-15/h3-7,12,17,23H,8-11,13-14H2,1-2H3/t17-/m0/s1. The van der Waals surface area contributed by atoms with E-state index in [0.29, 0.717) is 6.04 Å². The lowest BCUT2D eigenvalue weighted by atomic mass is 10.1. The summed E-state index contributed by atoms with van der Waals surface area (Å²) in [6.45, 7) is 4.27. The molecule has 124 valence electrons.